The average Bonchev–Trinajstić information content (AvgIpc) is 2.60. The summed E-state index contributed by atoms with van der Waals surface area (Å²) < 4.78 is 16.1. The van der Waals surface area contributed by atoms with E-state index in [1.807, 2.05) is 31.2 Å². The van der Waals surface area contributed by atoms with Crippen LogP contribution in [0.3, 0.4) is 0 Å². The topological polar surface area (TPSA) is 44.8 Å². The number of hydrogen-bond donors (Lipinski definition) is 0. The molecule has 0 radical (unpaired) electrons. The molecule has 0 aliphatic heterocycles. The van der Waals surface area contributed by atoms with Crippen LogP contribution in [0.15, 0.2) is 42.5 Å². The highest BCUT2D eigenvalue weighted by molar-refractivity contribution is 6.32. The maximum atomic E-state index is 11.4. The highest BCUT2D eigenvalue weighted by Gasteiger charge is 2.12. The van der Waals surface area contributed by atoms with E-state index in [0.29, 0.717) is 29.7 Å². The van der Waals surface area contributed by atoms with Gasteiger partial charge in [-0.1, -0.05) is 35.9 Å². The number of hydrogen-bond acceptors (Lipinski definition) is 4. The molecule has 0 saturated heterocycles. The molecule has 2 rings (SSSR count). The van der Waals surface area contributed by atoms with Crippen LogP contribution in [0.5, 0.6) is 11.5 Å². The minimum Gasteiger partial charge on any atom is -0.493 e. The third-order valence-corrected chi connectivity index (χ3v) is 3.86. The number of halogens is 1. The molecule has 0 amide bonds. The molecule has 2 aromatic rings. The second-order valence-corrected chi connectivity index (χ2v) is 5.74. The van der Waals surface area contributed by atoms with Crippen molar-refractivity contribution in [2.45, 2.75) is 20.5 Å². The maximum Gasteiger partial charge on any atom is 0.330 e. The molecule has 132 valence electrons. The second-order valence-electron chi connectivity index (χ2n) is 5.33. The Labute approximate surface area is 153 Å². The van der Waals surface area contributed by atoms with Crippen LogP contribution in [0.2, 0.25) is 5.02 Å². The summed E-state index contributed by atoms with van der Waals surface area (Å²) >= 11 is 6.34. The number of esters is 1. The Morgan fingerprint density at radius 1 is 1.24 bits per heavy atom. The zero-order valence-corrected chi connectivity index (χ0v) is 15.3. The summed E-state index contributed by atoms with van der Waals surface area (Å²) in [5.41, 5.74) is 2.94. The number of methoxy groups -OCH3 is 1. The van der Waals surface area contributed by atoms with Gasteiger partial charge in [0, 0.05) is 6.08 Å². The van der Waals surface area contributed by atoms with Crippen molar-refractivity contribution in [1.29, 1.82) is 0 Å². The number of aryl methyl sites for hydroxylation is 1. The van der Waals surface area contributed by atoms with Crippen molar-refractivity contribution < 1.29 is 19.0 Å². The molecule has 0 aromatic heterocycles. The van der Waals surface area contributed by atoms with E-state index in [-0.39, 0.29) is 0 Å². The molecule has 0 saturated carbocycles. The SMILES string of the molecule is CCOC(=O)/C=C/c1cc(Cl)c(OCc2ccccc2C)c(OC)c1. The van der Waals surface area contributed by atoms with E-state index in [1.165, 1.54) is 6.08 Å². The number of carbonyl (C=O) groups excluding carboxylic acids is 1. The van der Waals surface area contributed by atoms with Gasteiger partial charge in [0.05, 0.1) is 18.7 Å². The van der Waals surface area contributed by atoms with Crippen molar-refractivity contribution in [2.75, 3.05) is 13.7 Å². The second kappa shape index (κ2) is 9.14. The van der Waals surface area contributed by atoms with Crippen LogP contribution >= 0.6 is 11.6 Å². The largest absolute Gasteiger partial charge is 0.493 e. The van der Waals surface area contributed by atoms with E-state index in [4.69, 9.17) is 25.8 Å². The Balaban J connectivity index is 2.19. The molecule has 0 unspecified atom stereocenters. The summed E-state index contributed by atoms with van der Waals surface area (Å²) in [4.78, 5) is 11.4. The van der Waals surface area contributed by atoms with Gasteiger partial charge in [-0.05, 0) is 48.7 Å². The molecule has 0 spiro atoms. The molecule has 25 heavy (non-hydrogen) atoms. The highest BCUT2D eigenvalue weighted by Crippen LogP contribution is 2.37. The lowest BCUT2D eigenvalue weighted by Gasteiger charge is -2.14. The molecular weight excluding hydrogens is 340 g/mol. The van der Waals surface area contributed by atoms with E-state index >= 15 is 0 Å². The summed E-state index contributed by atoms with van der Waals surface area (Å²) in [6.07, 6.45) is 2.97. The number of rotatable bonds is 7. The van der Waals surface area contributed by atoms with Gasteiger partial charge in [0.1, 0.15) is 6.61 Å². The fourth-order valence-electron chi connectivity index (χ4n) is 2.25. The number of carbonyl (C=O) groups is 1. The molecule has 4 nitrogen and oxygen atoms in total. The van der Waals surface area contributed by atoms with E-state index in [1.54, 1.807) is 32.2 Å². The van der Waals surface area contributed by atoms with Crippen molar-refractivity contribution in [2.24, 2.45) is 0 Å². The van der Waals surface area contributed by atoms with Crippen LogP contribution in [0, 0.1) is 6.92 Å². The Bertz CT molecular complexity index is 768. The Kier molecular flexibility index (Phi) is 6.90. The predicted molar refractivity (Wildman–Crippen MR) is 99.2 cm³/mol. The average molecular weight is 361 g/mol. The van der Waals surface area contributed by atoms with Gasteiger partial charge in [0.2, 0.25) is 0 Å². The first-order chi connectivity index (χ1) is 12.0. The fourth-order valence-corrected chi connectivity index (χ4v) is 2.53. The molecule has 5 heteroatoms. The Hall–Kier alpha value is -2.46. The normalized spacial score (nSPS) is 10.7. The molecular formula is C20H21ClO4. The predicted octanol–water partition coefficient (Wildman–Crippen LogP) is 4.81. The number of ether oxygens (including phenoxy) is 3. The van der Waals surface area contributed by atoms with Crippen LogP contribution in [-0.4, -0.2) is 19.7 Å². The van der Waals surface area contributed by atoms with Gasteiger partial charge in [0.25, 0.3) is 0 Å². The quantitative estimate of drug-likeness (QED) is 0.525. The Morgan fingerprint density at radius 2 is 2.00 bits per heavy atom. The van der Waals surface area contributed by atoms with Crippen molar-refractivity contribution >= 4 is 23.6 Å². The summed E-state index contributed by atoms with van der Waals surface area (Å²) in [6, 6.07) is 11.5. The van der Waals surface area contributed by atoms with Crippen molar-refractivity contribution in [3.63, 3.8) is 0 Å². The van der Waals surface area contributed by atoms with Gasteiger partial charge in [-0.3, -0.25) is 0 Å². The van der Waals surface area contributed by atoms with E-state index in [9.17, 15) is 4.79 Å². The molecule has 0 bridgehead atoms. The molecule has 2 aromatic carbocycles. The fraction of sp³-hybridized carbons (Fsp3) is 0.250. The first kappa shape index (κ1) is 18.9. The summed E-state index contributed by atoms with van der Waals surface area (Å²) in [5.74, 6) is 0.572. The summed E-state index contributed by atoms with van der Waals surface area (Å²) in [6.45, 7) is 4.51. The van der Waals surface area contributed by atoms with E-state index in [0.717, 1.165) is 16.7 Å². The van der Waals surface area contributed by atoms with Crippen LogP contribution in [0.4, 0.5) is 0 Å². The summed E-state index contributed by atoms with van der Waals surface area (Å²) in [5, 5.41) is 0.413. The van der Waals surface area contributed by atoms with Gasteiger partial charge in [-0.15, -0.1) is 0 Å². The van der Waals surface area contributed by atoms with Gasteiger partial charge < -0.3 is 14.2 Å². The van der Waals surface area contributed by atoms with Crippen LogP contribution < -0.4 is 9.47 Å². The molecule has 0 aliphatic carbocycles. The standard InChI is InChI=1S/C20H21ClO4/c1-4-24-19(22)10-9-15-11-17(21)20(18(12-15)23-3)25-13-16-8-6-5-7-14(16)2/h5-12H,4,13H2,1-3H3/b10-9+. The molecule has 0 heterocycles. The van der Waals surface area contributed by atoms with E-state index in [2.05, 4.69) is 0 Å². The minimum atomic E-state index is -0.405. The monoisotopic (exact) mass is 360 g/mol. The highest BCUT2D eigenvalue weighted by atomic mass is 35.5. The lowest BCUT2D eigenvalue weighted by molar-refractivity contribution is -0.137. The van der Waals surface area contributed by atoms with Crippen LogP contribution in [0.1, 0.15) is 23.6 Å². The summed E-state index contributed by atoms with van der Waals surface area (Å²) in [7, 11) is 1.55. The van der Waals surface area contributed by atoms with Crippen molar-refractivity contribution in [1.82, 2.24) is 0 Å². The van der Waals surface area contributed by atoms with Crippen LogP contribution in [0.25, 0.3) is 6.08 Å². The lowest BCUT2D eigenvalue weighted by atomic mass is 10.1. The van der Waals surface area contributed by atoms with Gasteiger partial charge >= 0.3 is 5.97 Å². The van der Waals surface area contributed by atoms with Crippen molar-refractivity contribution in [3.05, 3.63) is 64.2 Å². The zero-order valence-electron chi connectivity index (χ0n) is 14.5. The van der Waals surface area contributed by atoms with E-state index < -0.39 is 5.97 Å². The van der Waals surface area contributed by atoms with Crippen LogP contribution in [-0.2, 0) is 16.1 Å². The third-order valence-electron chi connectivity index (χ3n) is 3.58. The minimum absolute atomic E-state index is 0.332. The molecule has 0 fully saturated rings. The molecule has 0 N–H and O–H groups in total. The van der Waals surface area contributed by atoms with Gasteiger partial charge in [0.15, 0.2) is 11.5 Å². The molecule has 0 aliphatic rings. The zero-order chi connectivity index (χ0) is 18.2. The van der Waals surface area contributed by atoms with Gasteiger partial charge in [-0.25, -0.2) is 4.79 Å². The van der Waals surface area contributed by atoms with Crippen molar-refractivity contribution in [3.8, 4) is 11.5 Å². The lowest BCUT2D eigenvalue weighted by Crippen LogP contribution is -2.01. The first-order valence-corrected chi connectivity index (χ1v) is 8.32. The molecule has 0 atom stereocenters. The first-order valence-electron chi connectivity index (χ1n) is 7.94. The van der Waals surface area contributed by atoms with Gasteiger partial charge in [-0.2, -0.15) is 0 Å². The third kappa shape index (κ3) is 5.26. The maximum absolute atomic E-state index is 11.4. The number of benzene rings is 2. The Morgan fingerprint density at radius 3 is 2.68 bits per heavy atom. The smallest absolute Gasteiger partial charge is 0.330 e.